The van der Waals surface area contributed by atoms with Crippen molar-refractivity contribution in [2.45, 2.75) is 50.5 Å². The van der Waals surface area contributed by atoms with Crippen LogP contribution in [0.5, 0.6) is 0 Å². The maximum atomic E-state index is 12.3. The lowest BCUT2D eigenvalue weighted by Gasteiger charge is -2.37. The van der Waals surface area contributed by atoms with Crippen molar-refractivity contribution in [3.63, 3.8) is 0 Å². The molecule has 0 aromatic heterocycles. The van der Waals surface area contributed by atoms with Crippen LogP contribution in [0.1, 0.15) is 44.9 Å². The number of amides is 1. The number of carboxylic acids is 1. The molecule has 1 amide bonds. The number of aliphatic carboxylic acids is 1. The van der Waals surface area contributed by atoms with Gasteiger partial charge < -0.3 is 15.3 Å². The van der Waals surface area contributed by atoms with E-state index in [1.165, 1.54) is 0 Å². The first-order valence-electron chi connectivity index (χ1n) is 7.23. The summed E-state index contributed by atoms with van der Waals surface area (Å²) in [5, 5.41) is 12.2. The van der Waals surface area contributed by atoms with Gasteiger partial charge in [0.25, 0.3) is 0 Å². The van der Waals surface area contributed by atoms with Gasteiger partial charge in [0.05, 0.1) is 17.9 Å². The molecule has 108 valence electrons. The number of rotatable bonds is 4. The number of nitrogens with one attached hydrogen (secondary N) is 1. The predicted molar refractivity (Wildman–Crippen MR) is 71.8 cm³/mol. The summed E-state index contributed by atoms with van der Waals surface area (Å²) in [5.74, 6) is -0.740. The van der Waals surface area contributed by atoms with Gasteiger partial charge in [-0.2, -0.15) is 0 Å². The number of likely N-dealkylation sites (tertiary alicyclic amines) is 1. The lowest BCUT2D eigenvalue weighted by molar-refractivity contribution is -0.140. The SMILES string of the molecule is CN1CCC(C(=O)NC2(CC(=O)O)CCCCC2)C1. The van der Waals surface area contributed by atoms with Crippen LogP contribution in [0.15, 0.2) is 0 Å². The van der Waals surface area contributed by atoms with Crippen LogP contribution in [0.4, 0.5) is 0 Å². The fourth-order valence-corrected chi connectivity index (χ4v) is 3.38. The third-order valence-electron chi connectivity index (χ3n) is 4.45. The van der Waals surface area contributed by atoms with Crippen molar-refractivity contribution in [1.29, 1.82) is 0 Å². The second kappa shape index (κ2) is 5.90. The first-order valence-corrected chi connectivity index (χ1v) is 7.23. The van der Waals surface area contributed by atoms with Crippen LogP contribution in [0, 0.1) is 5.92 Å². The van der Waals surface area contributed by atoms with Crippen LogP contribution in [-0.4, -0.2) is 47.6 Å². The number of hydrogen-bond acceptors (Lipinski definition) is 3. The minimum Gasteiger partial charge on any atom is -0.481 e. The molecule has 1 atom stereocenters. The molecule has 1 aliphatic carbocycles. The normalized spacial score (nSPS) is 27.1. The third-order valence-corrected chi connectivity index (χ3v) is 4.45. The summed E-state index contributed by atoms with van der Waals surface area (Å²) in [4.78, 5) is 25.5. The highest BCUT2D eigenvalue weighted by Crippen LogP contribution is 2.32. The van der Waals surface area contributed by atoms with E-state index in [0.29, 0.717) is 0 Å². The van der Waals surface area contributed by atoms with Crippen molar-refractivity contribution in [3.8, 4) is 0 Å². The first-order chi connectivity index (χ1) is 9.01. The maximum Gasteiger partial charge on any atom is 0.305 e. The number of nitrogens with zero attached hydrogens (tertiary/aromatic N) is 1. The average Bonchev–Trinajstić information content (AvgIpc) is 2.76. The smallest absolute Gasteiger partial charge is 0.305 e. The van der Waals surface area contributed by atoms with E-state index in [1.54, 1.807) is 0 Å². The second-order valence-electron chi connectivity index (χ2n) is 6.15. The summed E-state index contributed by atoms with van der Waals surface area (Å²) in [5.41, 5.74) is -0.498. The topological polar surface area (TPSA) is 69.6 Å². The van der Waals surface area contributed by atoms with Gasteiger partial charge in [0, 0.05) is 6.54 Å². The number of hydrogen-bond donors (Lipinski definition) is 2. The van der Waals surface area contributed by atoms with E-state index in [4.69, 9.17) is 5.11 Å². The Kier molecular flexibility index (Phi) is 4.45. The number of carbonyl (C=O) groups is 2. The molecule has 1 saturated heterocycles. The molecule has 1 aliphatic heterocycles. The fourth-order valence-electron chi connectivity index (χ4n) is 3.38. The average molecular weight is 268 g/mol. The summed E-state index contributed by atoms with van der Waals surface area (Å²) >= 11 is 0. The molecule has 0 aromatic rings. The Morgan fingerprint density at radius 2 is 2.00 bits per heavy atom. The Morgan fingerprint density at radius 3 is 2.53 bits per heavy atom. The maximum absolute atomic E-state index is 12.3. The Bertz CT molecular complexity index is 351. The zero-order chi connectivity index (χ0) is 13.9. The summed E-state index contributed by atoms with van der Waals surface area (Å²) in [6.45, 7) is 1.74. The number of carbonyl (C=O) groups excluding carboxylic acids is 1. The van der Waals surface area contributed by atoms with E-state index in [-0.39, 0.29) is 18.2 Å². The lowest BCUT2D eigenvalue weighted by atomic mass is 9.79. The van der Waals surface area contributed by atoms with Crippen LogP contribution in [-0.2, 0) is 9.59 Å². The standard InChI is InChI=1S/C14H24N2O3/c1-16-8-5-11(10-16)13(19)15-14(9-12(17)18)6-3-2-4-7-14/h11H,2-10H2,1H3,(H,15,19)(H,17,18). The zero-order valence-corrected chi connectivity index (χ0v) is 11.7. The lowest BCUT2D eigenvalue weighted by Crippen LogP contribution is -2.53. The van der Waals surface area contributed by atoms with Crippen molar-refractivity contribution in [1.82, 2.24) is 10.2 Å². The molecular weight excluding hydrogens is 244 g/mol. The van der Waals surface area contributed by atoms with E-state index < -0.39 is 11.5 Å². The molecule has 0 spiro atoms. The van der Waals surface area contributed by atoms with Gasteiger partial charge in [0.1, 0.15) is 0 Å². The van der Waals surface area contributed by atoms with Gasteiger partial charge in [-0.05, 0) is 32.9 Å². The Labute approximate surface area is 114 Å². The predicted octanol–water partition coefficient (Wildman–Crippen LogP) is 1.23. The highest BCUT2D eigenvalue weighted by Gasteiger charge is 2.38. The molecule has 0 radical (unpaired) electrons. The molecule has 2 fully saturated rings. The Balaban J connectivity index is 1.99. The van der Waals surface area contributed by atoms with E-state index in [2.05, 4.69) is 10.2 Å². The molecule has 0 aromatic carbocycles. The van der Waals surface area contributed by atoms with Crippen LogP contribution >= 0.6 is 0 Å². The third kappa shape index (κ3) is 3.69. The molecule has 1 heterocycles. The molecule has 2 aliphatic rings. The molecule has 0 bridgehead atoms. The quantitative estimate of drug-likeness (QED) is 0.804. The van der Waals surface area contributed by atoms with Crippen LogP contribution < -0.4 is 5.32 Å². The van der Waals surface area contributed by atoms with Gasteiger partial charge in [-0.15, -0.1) is 0 Å². The largest absolute Gasteiger partial charge is 0.481 e. The molecule has 2 N–H and O–H groups in total. The van der Waals surface area contributed by atoms with Crippen molar-refractivity contribution in [2.24, 2.45) is 5.92 Å². The van der Waals surface area contributed by atoms with Gasteiger partial charge in [0.2, 0.25) is 5.91 Å². The molecule has 1 saturated carbocycles. The Hall–Kier alpha value is -1.10. The van der Waals surface area contributed by atoms with Gasteiger partial charge in [0.15, 0.2) is 0 Å². The van der Waals surface area contributed by atoms with Crippen molar-refractivity contribution in [3.05, 3.63) is 0 Å². The van der Waals surface area contributed by atoms with E-state index in [1.807, 2.05) is 7.05 Å². The molecule has 5 nitrogen and oxygen atoms in total. The van der Waals surface area contributed by atoms with Crippen molar-refractivity contribution in [2.75, 3.05) is 20.1 Å². The van der Waals surface area contributed by atoms with Gasteiger partial charge in [-0.1, -0.05) is 19.3 Å². The first kappa shape index (κ1) is 14.3. The van der Waals surface area contributed by atoms with E-state index in [0.717, 1.165) is 51.6 Å². The van der Waals surface area contributed by atoms with E-state index >= 15 is 0 Å². The summed E-state index contributed by atoms with van der Waals surface area (Å²) < 4.78 is 0. The molecule has 1 unspecified atom stereocenters. The van der Waals surface area contributed by atoms with Crippen molar-refractivity contribution >= 4 is 11.9 Å². The van der Waals surface area contributed by atoms with Crippen LogP contribution in [0.3, 0.4) is 0 Å². The van der Waals surface area contributed by atoms with Gasteiger partial charge >= 0.3 is 5.97 Å². The van der Waals surface area contributed by atoms with Gasteiger partial charge in [-0.25, -0.2) is 0 Å². The monoisotopic (exact) mass is 268 g/mol. The Morgan fingerprint density at radius 1 is 1.32 bits per heavy atom. The highest BCUT2D eigenvalue weighted by molar-refractivity contribution is 5.81. The van der Waals surface area contributed by atoms with Crippen LogP contribution in [0.2, 0.25) is 0 Å². The van der Waals surface area contributed by atoms with Gasteiger partial charge in [-0.3, -0.25) is 9.59 Å². The summed E-state index contributed by atoms with van der Waals surface area (Å²) in [6, 6.07) is 0. The zero-order valence-electron chi connectivity index (χ0n) is 11.7. The summed E-state index contributed by atoms with van der Waals surface area (Å²) in [7, 11) is 2.01. The molecule has 19 heavy (non-hydrogen) atoms. The molecule has 5 heteroatoms. The van der Waals surface area contributed by atoms with Crippen molar-refractivity contribution < 1.29 is 14.7 Å². The number of carboxylic acid groups (broad SMARTS) is 1. The minimum absolute atomic E-state index is 0.0256. The second-order valence-corrected chi connectivity index (χ2v) is 6.15. The van der Waals surface area contributed by atoms with Crippen LogP contribution in [0.25, 0.3) is 0 Å². The fraction of sp³-hybridized carbons (Fsp3) is 0.857. The minimum atomic E-state index is -0.814. The molecular formula is C14H24N2O3. The van der Waals surface area contributed by atoms with E-state index in [9.17, 15) is 9.59 Å². The highest BCUT2D eigenvalue weighted by atomic mass is 16.4. The summed E-state index contributed by atoms with van der Waals surface area (Å²) in [6.07, 6.45) is 5.70. The molecule has 2 rings (SSSR count).